The van der Waals surface area contributed by atoms with Gasteiger partial charge in [0.1, 0.15) is 11.8 Å². The van der Waals surface area contributed by atoms with E-state index in [0.29, 0.717) is 5.69 Å². The number of amides is 1. The number of primary amides is 1. The fourth-order valence-electron chi connectivity index (χ4n) is 0.717. The normalized spacial score (nSPS) is 9.15. The Balaban J connectivity index is 2.68. The maximum atomic E-state index is 10.4. The molecule has 1 aromatic heterocycles. The second kappa shape index (κ2) is 4.48. The van der Waals surface area contributed by atoms with Crippen LogP contribution in [0, 0.1) is 11.3 Å². The Labute approximate surface area is 79.8 Å². The van der Waals surface area contributed by atoms with Crippen LogP contribution in [0.25, 0.3) is 0 Å². The monoisotopic (exact) mass is 193 g/mol. The minimum absolute atomic E-state index is 0.217. The van der Waals surface area contributed by atoms with Gasteiger partial charge in [-0.05, 0) is 12.1 Å². The molecule has 1 amide bonds. The largest absolute Gasteiger partial charge is 0.369 e. The highest BCUT2D eigenvalue weighted by molar-refractivity contribution is 8.00. The lowest BCUT2D eigenvalue weighted by Crippen LogP contribution is -2.12. The van der Waals surface area contributed by atoms with Gasteiger partial charge >= 0.3 is 0 Å². The van der Waals surface area contributed by atoms with Gasteiger partial charge in [0, 0.05) is 11.1 Å². The standard InChI is InChI=1S/C8H7N3OS/c9-4-6-3-7(1-2-11-6)13-5-8(10)12/h1-3H,5H2,(H2,10,12). The van der Waals surface area contributed by atoms with Crippen molar-refractivity contribution >= 4 is 17.7 Å². The van der Waals surface area contributed by atoms with Crippen molar-refractivity contribution in [3.05, 3.63) is 24.0 Å². The number of aromatic nitrogens is 1. The number of nitrogens with two attached hydrogens (primary N) is 1. The van der Waals surface area contributed by atoms with E-state index in [1.807, 2.05) is 6.07 Å². The van der Waals surface area contributed by atoms with Crippen LogP contribution in [-0.2, 0) is 4.79 Å². The molecule has 0 spiro atoms. The molecule has 2 N–H and O–H groups in total. The smallest absolute Gasteiger partial charge is 0.227 e. The van der Waals surface area contributed by atoms with E-state index in [1.165, 1.54) is 18.0 Å². The van der Waals surface area contributed by atoms with E-state index in [0.717, 1.165) is 4.90 Å². The zero-order valence-corrected chi connectivity index (χ0v) is 7.54. The highest BCUT2D eigenvalue weighted by Crippen LogP contribution is 2.16. The summed E-state index contributed by atoms with van der Waals surface area (Å²) in [5.41, 5.74) is 5.31. The zero-order chi connectivity index (χ0) is 9.68. The van der Waals surface area contributed by atoms with Gasteiger partial charge in [0.05, 0.1) is 5.75 Å². The van der Waals surface area contributed by atoms with Crippen LogP contribution >= 0.6 is 11.8 Å². The molecule has 1 heterocycles. The molecule has 5 heteroatoms. The number of hydrogen-bond donors (Lipinski definition) is 1. The van der Waals surface area contributed by atoms with Crippen molar-refractivity contribution in [1.29, 1.82) is 5.26 Å². The molecule has 0 aromatic carbocycles. The first kappa shape index (κ1) is 9.55. The fourth-order valence-corrected chi connectivity index (χ4v) is 1.38. The molecule has 66 valence electrons. The molecule has 0 fully saturated rings. The number of hydrogen-bond acceptors (Lipinski definition) is 4. The number of thioether (sulfide) groups is 1. The summed E-state index contributed by atoms with van der Waals surface area (Å²) in [5, 5.41) is 8.53. The molecule has 13 heavy (non-hydrogen) atoms. The summed E-state index contributed by atoms with van der Waals surface area (Å²) < 4.78 is 0. The van der Waals surface area contributed by atoms with Crippen LogP contribution < -0.4 is 5.73 Å². The van der Waals surface area contributed by atoms with Gasteiger partial charge in [-0.3, -0.25) is 4.79 Å². The topological polar surface area (TPSA) is 79.8 Å². The Hall–Kier alpha value is -1.54. The SMILES string of the molecule is N#Cc1cc(SCC(N)=O)ccn1. The summed E-state index contributed by atoms with van der Waals surface area (Å²) in [6.07, 6.45) is 1.53. The van der Waals surface area contributed by atoms with Crippen molar-refractivity contribution in [2.75, 3.05) is 5.75 Å². The molecule has 0 aliphatic rings. The Morgan fingerprint density at radius 1 is 1.77 bits per heavy atom. The van der Waals surface area contributed by atoms with Gasteiger partial charge in [-0.1, -0.05) is 0 Å². The van der Waals surface area contributed by atoms with Crippen molar-refractivity contribution in [2.24, 2.45) is 5.73 Å². The number of carbonyl (C=O) groups excluding carboxylic acids is 1. The maximum absolute atomic E-state index is 10.4. The first-order chi connectivity index (χ1) is 6.22. The lowest BCUT2D eigenvalue weighted by atomic mass is 10.4. The molecule has 1 rings (SSSR count). The van der Waals surface area contributed by atoms with Crippen LogP contribution in [0.1, 0.15) is 5.69 Å². The van der Waals surface area contributed by atoms with E-state index in [9.17, 15) is 4.79 Å². The number of rotatable bonds is 3. The van der Waals surface area contributed by atoms with E-state index in [4.69, 9.17) is 11.0 Å². The van der Waals surface area contributed by atoms with Crippen LogP contribution in [-0.4, -0.2) is 16.6 Å². The third-order valence-corrected chi connectivity index (χ3v) is 2.24. The summed E-state index contributed by atoms with van der Waals surface area (Å²) in [6.45, 7) is 0. The van der Waals surface area contributed by atoms with Crippen LogP contribution in [0.3, 0.4) is 0 Å². The van der Waals surface area contributed by atoms with E-state index in [1.54, 1.807) is 12.1 Å². The molecule has 0 bridgehead atoms. The number of nitrogens with zero attached hydrogens (tertiary/aromatic N) is 2. The second-order valence-corrected chi connectivity index (χ2v) is 3.29. The van der Waals surface area contributed by atoms with Gasteiger partial charge in [-0.2, -0.15) is 5.26 Å². The number of carbonyl (C=O) groups is 1. The molecule has 4 nitrogen and oxygen atoms in total. The Morgan fingerprint density at radius 3 is 3.15 bits per heavy atom. The van der Waals surface area contributed by atoms with Crippen LogP contribution in [0.15, 0.2) is 23.2 Å². The first-order valence-electron chi connectivity index (χ1n) is 3.49. The van der Waals surface area contributed by atoms with Gasteiger partial charge in [0.15, 0.2) is 0 Å². The zero-order valence-electron chi connectivity index (χ0n) is 6.73. The van der Waals surface area contributed by atoms with Crippen LogP contribution in [0.4, 0.5) is 0 Å². The molecular weight excluding hydrogens is 186 g/mol. The molecule has 0 aliphatic heterocycles. The fraction of sp³-hybridized carbons (Fsp3) is 0.125. The van der Waals surface area contributed by atoms with Gasteiger partial charge in [0.25, 0.3) is 0 Å². The molecule has 0 saturated heterocycles. The third-order valence-electron chi connectivity index (χ3n) is 1.23. The predicted molar refractivity (Wildman–Crippen MR) is 48.9 cm³/mol. The summed E-state index contributed by atoms with van der Waals surface area (Å²) in [4.78, 5) is 15.1. The van der Waals surface area contributed by atoms with E-state index in [2.05, 4.69) is 4.98 Å². The maximum Gasteiger partial charge on any atom is 0.227 e. The Bertz CT molecular complexity index is 359. The summed E-state index contributed by atoms with van der Waals surface area (Å²) in [6, 6.07) is 5.26. The lowest BCUT2D eigenvalue weighted by Gasteiger charge is -1.97. The minimum atomic E-state index is -0.375. The predicted octanol–water partition coefficient (Wildman–Crippen LogP) is 0.531. The lowest BCUT2D eigenvalue weighted by molar-refractivity contribution is -0.115. The number of nitriles is 1. The van der Waals surface area contributed by atoms with Crippen molar-refractivity contribution in [3.8, 4) is 6.07 Å². The van der Waals surface area contributed by atoms with E-state index >= 15 is 0 Å². The van der Waals surface area contributed by atoms with Gasteiger partial charge < -0.3 is 5.73 Å². The summed E-state index contributed by atoms with van der Waals surface area (Å²) in [5.74, 6) is -0.158. The van der Waals surface area contributed by atoms with Crippen LogP contribution in [0.2, 0.25) is 0 Å². The summed E-state index contributed by atoms with van der Waals surface area (Å²) >= 11 is 1.29. The average Bonchev–Trinajstić information content (AvgIpc) is 2.15. The molecule has 0 atom stereocenters. The average molecular weight is 193 g/mol. The quantitative estimate of drug-likeness (QED) is 0.710. The summed E-state index contributed by atoms with van der Waals surface area (Å²) in [7, 11) is 0. The van der Waals surface area contributed by atoms with Gasteiger partial charge in [-0.25, -0.2) is 4.98 Å². The highest BCUT2D eigenvalue weighted by Gasteiger charge is 1.99. The molecular formula is C8H7N3OS. The molecule has 0 radical (unpaired) electrons. The van der Waals surface area contributed by atoms with E-state index in [-0.39, 0.29) is 11.7 Å². The molecule has 1 aromatic rings. The third kappa shape index (κ3) is 3.13. The second-order valence-electron chi connectivity index (χ2n) is 2.24. The first-order valence-corrected chi connectivity index (χ1v) is 4.48. The van der Waals surface area contributed by atoms with E-state index < -0.39 is 0 Å². The van der Waals surface area contributed by atoms with Crippen molar-refractivity contribution in [1.82, 2.24) is 4.98 Å². The Kier molecular flexibility index (Phi) is 3.29. The molecule has 0 saturated carbocycles. The minimum Gasteiger partial charge on any atom is -0.369 e. The molecule has 0 unspecified atom stereocenters. The molecule has 0 aliphatic carbocycles. The van der Waals surface area contributed by atoms with Crippen molar-refractivity contribution in [3.63, 3.8) is 0 Å². The van der Waals surface area contributed by atoms with Gasteiger partial charge in [0.2, 0.25) is 5.91 Å². The van der Waals surface area contributed by atoms with Gasteiger partial charge in [-0.15, -0.1) is 11.8 Å². The van der Waals surface area contributed by atoms with Crippen molar-refractivity contribution in [2.45, 2.75) is 4.90 Å². The van der Waals surface area contributed by atoms with Crippen LogP contribution in [0.5, 0.6) is 0 Å². The Morgan fingerprint density at radius 2 is 2.54 bits per heavy atom. The number of pyridine rings is 1. The van der Waals surface area contributed by atoms with Crippen molar-refractivity contribution < 1.29 is 4.79 Å². The highest BCUT2D eigenvalue weighted by atomic mass is 32.2.